The first-order valence-electron chi connectivity index (χ1n) is 4.85. The van der Waals surface area contributed by atoms with Gasteiger partial charge in [-0.15, -0.1) is 0 Å². The molecule has 0 aromatic heterocycles. The van der Waals surface area contributed by atoms with Crippen molar-refractivity contribution in [1.82, 2.24) is 0 Å². The molecule has 7 heteroatoms. The van der Waals surface area contributed by atoms with E-state index in [1.165, 1.54) is 12.1 Å². The third-order valence-electron chi connectivity index (χ3n) is 2.40. The standard InChI is InChI=1S/C13H2N6O/c14-1-7(2-15)10-11(8(3-16)4-17)13(20)12(10)9(5-18)6-19/h14,16H. The van der Waals surface area contributed by atoms with Crippen LogP contribution in [0.3, 0.4) is 0 Å². The molecule has 0 heterocycles. The smallest absolute Gasteiger partial charge is 0.198 e. The molecular formula is C13H2N6O. The lowest BCUT2D eigenvalue weighted by molar-refractivity contribution is -0.112. The van der Waals surface area contributed by atoms with Crippen LogP contribution in [0.2, 0.25) is 0 Å². The number of ketones is 1. The summed E-state index contributed by atoms with van der Waals surface area (Å²) in [6.07, 6.45) is 0. The highest BCUT2D eigenvalue weighted by atomic mass is 16.1. The van der Waals surface area contributed by atoms with Gasteiger partial charge in [0.05, 0.1) is 11.1 Å². The van der Waals surface area contributed by atoms with Gasteiger partial charge in [0.1, 0.15) is 41.0 Å². The van der Waals surface area contributed by atoms with Crippen LogP contribution in [0.5, 0.6) is 0 Å². The fourth-order valence-electron chi connectivity index (χ4n) is 1.57. The Bertz CT molecular complexity index is 844. The average Bonchev–Trinajstić information content (AvgIpc) is 2.49. The molecule has 0 atom stereocenters. The van der Waals surface area contributed by atoms with Crippen LogP contribution in [0.15, 0.2) is 33.4 Å². The van der Waals surface area contributed by atoms with E-state index in [4.69, 9.17) is 31.9 Å². The van der Waals surface area contributed by atoms with Gasteiger partial charge in [0.25, 0.3) is 0 Å². The third-order valence-corrected chi connectivity index (χ3v) is 2.40. The maximum atomic E-state index is 11.9. The van der Waals surface area contributed by atoms with Gasteiger partial charge >= 0.3 is 0 Å². The highest BCUT2D eigenvalue weighted by Gasteiger charge is 2.40. The van der Waals surface area contributed by atoms with Crippen LogP contribution in [-0.4, -0.2) is 17.5 Å². The van der Waals surface area contributed by atoms with Crippen molar-refractivity contribution >= 4 is 17.5 Å². The number of hydrogen-bond acceptors (Lipinski definition) is 7. The molecule has 0 bridgehead atoms. The van der Waals surface area contributed by atoms with E-state index in [9.17, 15) is 4.79 Å². The molecule has 1 aliphatic carbocycles. The summed E-state index contributed by atoms with van der Waals surface area (Å²) < 4.78 is 0. The van der Waals surface area contributed by atoms with Crippen LogP contribution in [0.1, 0.15) is 0 Å². The zero-order chi connectivity index (χ0) is 15.3. The van der Waals surface area contributed by atoms with E-state index in [1.54, 1.807) is 23.9 Å². The maximum Gasteiger partial charge on any atom is 0.198 e. The molecule has 0 aromatic carbocycles. The second-order valence-corrected chi connectivity index (χ2v) is 3.28. The van der Waals surface area contributed by atoms with E-state index in [-0.39, 0.29) is 16.7 Å². The Balaban J connectivity index is 3.89. The molecule has 0 saturated heterocycles. The molecular weight excluding hydrogens is 256 g/mol. The van der Waals surface area contributed by atoms with Crippen LogP contribution in [0.25, 0.3) is 0 Å². The van der Waals surface area contributed by atoms with Gasteiger partial charge in [0, 0.05) is 5.57 Å². The topological polar surface area (TPSA) is 160 Å². The third kappa shape index (κ3) is 1.83. The van der Waals surface area contributed by atoms with Crippen molar-refractivity contribution < 1.29 is 4.79 Å². The lowest BCUT2D eigenvalue weighted by atomic mass is 9.73. The SMILES string of the molecule is N#CC(=C=N)C1=C(C(=C=N)C#N)C(=C(C#N)C#N)C1=O. The molecule has 0 spiro atoms. The van der Waals surface area contributed by atoms with E-state index in [0.29, 0.717) is 0 Å². The number of nitriles is 4. The van der Waals surface area contributed by atoms with Gasteiger partial charge in [-0.25, -0.2) is 0 Å². The Morgan fingerprint density at radius 1 is 0.800 bits per heavy atom. The van der Waals surface area contributed by atoms with Gasteiger partial charge in [0.2, 0.25) is 0 Å². The van der Waals surface area contributed by atoms with Crippen molar-refractivity contribution in [2.45, 2.75) is 0 Å². The van der Waals surface area contributed by atoms with E-state index < -0.39 is 22.5 Å². The molecule has 0 radical (unpaired) electrons. The Kier molecular flexibility index (Phi) is 3.92. The molecule has 2 N–H and O–H groups in total. The predicted molar refractivity (Wildman–Crippen MR) is 64.0 cm³/mol. The Morgan fingerprint density at radius 2 is 1.25 bits per heavy atom. The largest absolute Gasteiger partial charge is 0.288 e. The van der Waals surface area contributed by atoms with Gasteiger partial charge in [-0.3, -0.25) is 15.6 Å². The highest BCUT2D eigenvalue weighted by molar-refractivity contribution is 6.27. The van der Waals surface area contributed by atoms with Crippen LogP contribution in [-0.2, 0) is 4.79 Å². The number of rotatable bonds is 2. The maximum absolute atomic E-state index is 11.9. The zero-order valence-electron chi connectivity index (χ0n) is 9.70. The number of hydrogen-bond donors (Lipinski definition) is 2. The summed E-state index contributed by atoms with van der Waals surface area (Å²) in [5, 5.41) is 49.1. The molecule has 0 aromatic rings. The summed E-state index contributed by atoms with van der Waals surface area (Å²) in [7, 11) is 0. The molecule has 0 amide bonds. The lowest BCUT2D eigenvalue weighted by Crippen LogP contribution is -2.26. The van der Waals surface area contributed by atoms with Crippen LogP contribution in [0, 0.1) is 56.1 Å². The minimum atomic E-state index is -0.808. The number of nitrogens with zero attached hydrogens (tertiary/aromatic N) is 4. The summed E-state index contributed by atoms with van der Waals surface area (Å²) in [5.74, 6) is 2.70. The Morgan fingerprint density at radius 3 is 1.60 bits per heavy atom. The van der Waals surface area contributed by atoms with E-state index in [1.807, 2.05) is 0 Å². The van der Waals surface area contributed by atoms with E-state index in [0.717, 1.165) is 0 Å². The second kappa shape index (κ2) is 5.56. The van der Waals surface area contributed by atoms with Crippen molar-refractivity contribution in [3.05, 3.63) is 33.4 Å². The van der Waals surface area contributed by atoms with Gasteiger partial charge in [-0.1, -0.05) is 0 Å². The van der Waals surface area contributed by atoms with E-state index >= 15 is 0 Å². The molecule has 1 rings (SSSR count). The quantitative estimate of drug-likeness (QED) is 0.420. The molecule has 1 aliphatic rings. The monoisotopic (exact) mass is 258 g/mol. The first-order valence-corrected chi connectivity index (χ1v) is 4.85. The van der Waals surface area contributed by atoms with Gasteiger partial charge < -0.3 is 0 Å². The zero-order valence-corrected chi connectivity index (χ0v) is 9.70. The molecule has 0 saturated carbocycles. The fraction of sp³-hybridized carbons (Fsp3) is 0. The van der Waals surface area contributed by atoms with Crippen LogP contribution < -0.4 is 0 Å². The molecule has 0 aliphatic heterocycles. The fourth-order valence-corrected chi connectivity index (χ4v) is 1.57. The second-order valence-electron chi connectivity index (χ2n) is 3.28. The first kappa shape index (κ1) is 14.1. The molecule has 0 fully saturated rings. The highest BCUT2D eigenvalue weighted by Crippen LogP contribution is 2.39. The van der Waals surface area contributed by atoms with Crippen molar-refractivity contribution in [3.8, 4) is 24.3 Å². The number of Topliss-reactive ketones (excluding diaryl/α,β-unsaturated/α-hetero) is 1. The molecule has 90 valence electrons. The molecule has 0 unspecified atom stereocenters. The minimum Gasteiger partial charge on any atom is -0.288 e. The molecule has 20 heavy (non-hydrogen) atoms. The van der Waals surface area contributed by atoms with Gasteiger partial charge in [-0.2, -0.15) is 21.0 Å². The summed E-state index contributed by atoms with van der Waals surface area (Å²) in [4.78, 5) is 11.9. The van der Waals surface area contributed by atoms with Crippen molar-refractivity contribution in [1.29, 1.82) is 31.9 Å². The van der Waals surface area contributed by atoms with Crippen molar-refractivity contribution in [2.24, 2.45) is 0 Å². The first-order chi connectivity index (χ1) is 9.60. The summed E-state index contributed by atoms with van der Waals surface area (Å²) >= 11 is 0. The molecule has 7 nitrogen and oxygen atoms in total. The summed E-state index contributed by atoms with van der Waals surface area (Å²) in [6, 6.07) is 6.15. The minimum absolute atomic E-state index is 0.193. The number of carbonyl (C=O) groups excluding carboxylic acids is 1. The summed E-state index contributed by atoms with van der Waals surface area (Å²) in [5.41, 5.74) is -2.21. The van der Waals surface area contributed by atoms with E-state index in [2.05, 4.69) is 0 Å². The van der Waals surface area contributed by atoms with Crippen LogP contribution >= 0.6 is 0 Å². The van der Waals surface area contributed by atoms with Crippen molar-refractivity contribution in [3.63, 3.8) is 0 Å². The van der Waals surface area contributed by atoms with Crippen molar-refractivity contribution in [2.75, 3.05) is 0 Å². The Labute approximate surface area is 112 Å². The normalized spacial score (nSPS) is 11.6. The number of carbonyl (C=O) groups is 1. The number of allylic oxidation sites excluding steroid dienone is 6. The van der Waals surface area contributed by atoms with Gasteiger partial charge in [0.15, 0.2) is 5.78 Å². The summed E-state index contributed by atoms with van der Waals surface area (Å²) in [6.45, 7) is 0. The average molecular weight is 258 g/mol. The number of nitrogens with one attached hydrogen (secondary N) is 2. The van der Waals surface area contributed by atoms with Gasteiger partial charge in [-0.05, 0) is 11.7 Å². The predicted octanol–water partition coefficient (Wildman–Crippen LogP) is 0.606. The Hall–Kier alpha value is -3.99. The lowest BCUT2D eigenvalue weighted by Gasteiger charge is -2.23. The van der Waals surface area contributed by atoms with Crippen LogP contribution in [0.4, 0.5) is 0 Å².